The molecule has 62 valence electrons. The van der Waals surface area contributed by atoms with Gasteiger partial charge in [0.05, 0.1) is 11.9 Å². The Hall–Kier alpha value is -1.63. The van der Waals surface area contributed by atoms with Gasteiger partial charge in [0.25, 0.3) is 0 Å². The van der Waals surface area contributed by atoms with Crippen LogP contribution in [0.25, 0.3) is 0 Å². The van der Waals surface area contributed by atoms with Crippen LogP contribution >= 0.6 is 0 Å². The fraction of sp³-hybridized carbons (Fsp3) is 0.375. The van der Waals surface area contributed by atoms with Crippen LogP contribution in [0.5, 0.6) is 0 Å². The summed E-state index contributed by atoms with van der Waals surface area (Å²) in [4.78, 5) is 6.17. The summed E-state index contributed by atoms with van der Waals surface area (Å²) in [5.74, 6) is 3.85. The zero-order chi connectivity index (χ0) is 8.55. The first kappa shape index (κ1) is 7.04. The summed E-state index contributed by atoms with van der Waals surface area (Å²) >= 11 is 0. The van der Waals surface area contributed by atoms with Crippen molar-refractivity contribution in [2.24, 2.45) is 4.99 Å². The summed E-state index contributed by atoms with van der Waals surface area (Å²) in [5.41, 5.74) is 1.02. The molecule has 0 saturated carbocycles. The maximum atomic E-state index is 4.20. The normalized spacial score (nSPS) is 24.5. The minimum absolute atomic E-state index is 0.143. The minimum atomic E-state index is 0.143. The zero-order valence-corrected chi connectivity index (χ0v) is 7.05. The van der Waals surface area contributed by atoms with E-state index in [2.05, 4.69) is 27.6 Å². The molecule has 4 nitrogen and oxygen atoms in total. The quantitative estimate of drug-likeness (QED) is 0.500. The molecule has 2 N–H and O–H groups in total. The molecule has 2 rings (SSSR count). The van der Waals surface area contributed by atoms with Gasteiger partial charge in [-0.3, -0.25) is 0 Å². The summed E-state index contributed by atoms with van der Waals surface area (Å²) in [7, 11) is 3.81. The highest BCUT2D eigenvalue weighted by Crippen LogP contribution is 2.16. The van der Waals surface area contributed by atoms with E-state index < -0.39 is 0 Å². The lowest BCUT2D eigenvalue weighted by Gasteiger charge is -2.26. The van der Waals surface area contributed by atoms with Crippen LogP contribution in [0, 0.1) is 12.0 Å². The van der Waals surface area contributed by atoms with Crippen LogP contribution in [0.15, 0.2) is 16.4 Å². The first-order valence-electron chi connectivity index (χ1n) is 3.77. The van der Waals surface area contributed by atoms with Crippen molar-refractivity contribution in [3.63, 3.8) is 0 Å². The molecule has 0 aromatic carbocycles. The molecular weight excluding hydrogens is 152 g/mol. The topological polar surface area (TPSA) is 39.7 Å². The van der Waals surface area contributed by atoms with Crippen molar-refractivity contribution >= 4 is 6.34 Å². The number of hydrogen-bond acceptors (Lipinski definition) is 4. The van der Waals surface area contributed by atoms with Crippen molar-refractivity contribution in [1.29, 1.82) is 0 Å². The van der Waals surface area contributed by atoms with Crippen molar-refractivity contribution in [2.45, 2.75) is 6.17 Å². The first-order chi connectivity index (χ1) is 5.83. The average Bonchev–Trinajstić information content (AvgIpc) is 2.54. The van der Waals surface area contributed by atoms with E-state index in [0.29, 0.717) is 0 Å². The van der Waals surface area contributed by atoms with E-state index in [1.807, 2.05) is 19.0 Å². The van der Waals surface area contributed by atoms with Gasteiger partial charge in [-0.05, 0) is 5.92 Å². The Morgan fingerprint density at radius 3 is 3.33 bits per heavy atom. The number of nitrogens with one attached hydrogen (secondary N) is 2. The summed E-state index contributed by atoms with van der Waals surface area (Å²) in [6.07, 6.45) is 1.92. The predicted octanol–water partition coefficient (Wildman–Crippen LogP) is -0.719. The molecule has 12 heavy (non-hydrogen) atoms. The molecule has 0 aromatic heterocycles. The highest BCUT2D eigenvalue weighted by Gasteiger charge is 2.25. The average molecular weight is 162 g/mol. The number of nitrogens with zero attached hydrogens (tertiary/aromatic N) is 2. The van der Waals surface area contributed by atoms with E-state index in [1.165, 1.54) is 0 Å². The zero-order valence-electron chi connectivity index (χ0n) is 7.05. The third kappa shape index (κ3) is 0.832. The van der Waals surface area contributed by atoms with E-state index >= 15 is 0 Å². The summed E-state index contributed by atoms with van der Waals surface area (Å²) in [6.45, 7) is 0. The van der Waals surface area contributed by atoms with Gasteiger partial charge in [-0.15, -0.1) is 0 Å². The summed E-state index contributed by atoms with van der Waals surface area (Å²) in [6, 6.07) is 2.84. The fourth-order valence-electron chi connectivity index (χ4n) is 1.29. The van der Waals surface area contributed by atoms with Gasteiger partial charge >= 0.3 is 0 Å². The lowest BCUT2D eigenvalue weighted by Crippen LogP contribution is -2.42. The van der Waals surface area contributed by atoms with Crippen LogP contribution in [0.3, 0.4) is 0 Å². The number of hydrogen-bond donors (Lipinski definition) is 2. The predicted molar refractivity (Wildman–Crippen MR) is 47.0 cm³/mol. The second kappa shape index (κ2) is 2.45. The molecule has 0 bridgehead atoms. The second-order valence-electron chi connectivity index (χ2n) is 2.72. The fourth-order valence-corrected chi connectivity index (χ4v) is 1.29. The van der Waals surface area contributed by atoms with Crippen LogP contribution in [0.4, 0.5) is 0 Å². The third-order valence-electron chi connectivity index (χ3n) is 1.95. The van der Waals surface area contributed by atoms with Gasteiger partial charge in [-0.25, -0.2) is 4.99 Å². The first-order valence-corrected chi connectivity index (χ1v) is 3.77. The monoisotopic (exact) mass is 162 g/mol. The van der Waals surface area contributed by atoms with Crippen molar-refractivity contribution < 1.29 is 0 Å². The van der Waals surface area contributed by atoms with E-state index in [0.717, 1.165) is 11.4 Å². The number of likely N-dealkylation sites (N-methyl/N-ethyl adjacent to an activating group) is 1. The van der Waals surface area contributed by atoms with Crippen molar-refractivity contribution in [3.8, 4) is 12.0 Å². The van der Waals surface area contributed by atoms with Gasteiger partial charge in [0, 0.05) is 20.1 Å². The lowest BCUT2D eigenvalue weighted by atomic mass is 10.2. The molecule has 0 radical (unpaired) electrons. The third-order valence-corrected chi connectivity index (χ3v) is 1.95. The van der Waals surface area contributed by atoms with Crippen LogP contribution in [-0.4, -0.2) is 31.5 Å². The highest BCUT2D eigenvalue weighted by atomic mass is 15.3. The van der Waals surface area contributed by atoms with Gasteiger partial charge in [0.2, 0.25) is 0 Å². The van der Waals surface area contributed by atoms with Gasteiger partial charge in [0.15, 0.2) is 0 Å². The molecule has 2 aliphatic rings. The molecule has 2 heterocycles. The number of rotatable bonds is 1. The molecule has 1 unspecified atom stereocenters. The Bertz CT molecular complexity index is 318. The number of aliphatic imine (C=N–C) groups is 1. The molecule has 1 atom stereocenters. The maximum Gasteiger partial charge on any atom is 0.144 e. The van der Waals surface area contributed by atoms with Gasteiger partial charge in [-0.1, -0.05) is 0 Å². The lowest BCUT2D eigenvalue weighted by molar-refractivity contribution is 0.395. The molecule has 0 spiro atoms. The van der Waals surface area contributed by atoms with Gasteiger partial charge in [-0.2, -0.15) is 0 Å². The number of fused-ring (bicyclic) bond motifs is 1. The molecule has 2 aliphatic heterocycles. The van der Waals surface area contributed by atoms with E-state index in [9.17, 15) is 0 Å². The SMILES string of the molecule is CNC1=C2C#CNC2N(C)C=N1. The van der Waals surface area contributed by atoms with Crippen LogP contribution in [0.2, 0.25) is 0 Å². The molecule has 4 heteroatoms. The van der Waals surface area contributed by atoms with E-state index in [4.69, 9.17) is 0 Å². The second-order valence-corrected chi connectivity index (χ2v) is 2.72. The molecular formula is C8H10N4. The van der Waals surface area contributed by atoms with E-state index in [-0.39, 0.29) is 6.17 Å². The Labute approximate surface area is 71.3 Å². The molecule has 0 aliphatic carbocycles. The molecule has 0 saturated heterocycles. The van der Waals surface area contributed by atoms with Crippen LogP contribution < -0.4 is 10.6 Å². The highest BCUT2D eigenvalue weighted by molar-refractivity contribution is 5.63. The van der Waals surface area contributed by atoms with Crippen LogP contribution in [-0.2, 0) is 0 Å². The minimum Gasteiger partial charge on any atom is -0.372 e. The molecule has 0 fully saturated rings. The summed E-state index contributed by atoms with van der Waals surface area (Å²) < 4.78 is 0. The Morgan fingerprint density at radius 2 is 2.58 bits per heavy atom. The summed E-state index contributed by atoms with van der Waals surface area (Å²) in [5, 5.41) is 6.06. The Kier molecular flexibility index (Phi) is 1.44. The largest absolute Gasteiger partial charge is 0.372 e. The van der Waals surface area contributed by atoms with Gasteiger partial charge in [0.1, 0.15) is 12.0 Å². The van der Waals surface area contributed by atoms with Crippen LogP contribution in [0.1, 0.15) is 0 Å². The van der Waals surface area contributed by atoms with Gasteiger partial charge < -0.3 is 15.5 Å². The Morgan fingerprint density at radius 1 is 1.75 bits per heavy atom. The molecule has 0 aromatic rings. The van der Waals surface area contributed by atoms with Crippen molar-refractivity contribution in [3.05, 3.63) is 11.4 Å². The van der Waals surface area contributed by atoms with Crippen molar-refractivity contribution in [2.75, 3.05) is 14.1 Å². The maximum absolute atomic E-state index is 4.20. The smallest absolute Gasteiger partial charge is 0.144 e. The van der Waals surface area contributed by atoms with E-state index in [1.54, 1.807) is 6.34 Å². The Balaban J connectivity index is 2.39. The molecule has 0 amide bonds. The standard InChI is InChI=1S/C8H10N4/c1-9-7-6-3-4-10-8(6)12(2)5-11-7/h5,8-10H,1-2H3. The van der Waals surface area contributed by atoms with Crippen molar-refractivity contribution in [1.82, 2.24) is 15.5 Å².